The van der Waals surface area contributed by atoms with Crippen molar-refractivity contribution < 1.29 is 14.7 Å². The van der Waals surface area contributed by atoms with Crippen molar-refractivity contribution in [1.29, 1.82) is 0 Å². The Morgan fingerprint density at radius 3 is 2.31 bits per heavy atom. The Labute approximate surface area is 174 Å². The number of aliphatic carboxylic acids is 1. The fourth-order valence-electron chi connectivity index (χ4n) is 6.58. The van der Waals surface area contributed by atoms with Gasteiger partial charge < -0.3 is 5.11 Å². The average molecular weight is 395 g/mol. The maximum absolute atomic E-state index is 13.1. The molecule has 0 saturated heterocycles. The van der Waals surface area contributed by atoms with E-state index in [0.29, 0.717) is 12.8 Å². The quantitative estimate of drug-likeness (QED) is 0.601. The predicted octanol–water partition coefficient (Wildman–Crippen LogP) is 6.01. The number of carboxylic acids is 1. The molecule has 0 aliphatic heterocycles. The van der Waals surface area contributed by atoms with E-state index in [-0.39, 0.29) is 29.5 Å². The molecule has 1 aromatic carbocycles. The molecule has 1 saturated carbocycles. The SMILES string of the molecule is CC[C@@H]1C(=O)[C@@H](C)[C@H]2[C@H]1C(C)=C[C@@](/C=C/c1ccccc1)(CC)[C@]2(CC)C(=O)O. The van der Waals surface area contributed by atoms with Crippen LogP contribution in [0.1, 0.15) is 59.4 Å². The van der Waals surface area contributed by atoms with E-state index in [4.69, 9.17) is 0 Å². The monoisotopic (exact) mass is 394 g/mol. The number of carbonyl (C=O) groups is 2. The molecular weight excluding hydrogens is 360 g/mol. The number of hydrogen-bond acceptors (Lipinski definition) is 2. The zero-order chi connectivity index (χ0) is 21.4. The number of carboxylic acid groups (broad SMARTS) is 1. The Balaban J connectivity index is 2.26. The van der Waals surface area contributed by atoms with E-state index in [0.717, 1.165) is 12.0 Å². The minimum absolute atomic E-state index is 0.0309. The van der Waals surface area contributed by atoms with Crippen LogP contribution < -0.4 is 0 Å². The lowest BCUT2D eigenvalue weighted by atomic mass is 9.47. The topological polar surface area (TPSA) is 54.4 Å². The molecule has 2 aliphatic carbocycles. The van der Waals surface area contributed by atoms with Gasteiger partial charge in [0.1, 0.15) is 5.78 Å². The number of hydrogen-bond donors (Lipinski definition) is 1. The van der Waals surface area contributed by atoms with E-state index in [1.165, 1.54) is 5.57 Å². The molecule has 3 nitrogen and oxygen atoms in total. The highest BCUT2D eigenvalue weighted by atomic mass is 16.4. The third-order valence-corrected chi connectivity index (χ3v) is 7.92. The molecule has 1 N–H and O–H groups in total. The van der Waals surface area contributed by atoms with Crippen LogP contribution in [-0.4, -0.2) is 16.9 Å². The van der Waals surface area contributed by atoms with Crippen LogP contribution >= 0.6 is 0 Å². The number of Topliss-reactive ketones (excluding diaryl/α,β-unsaturated/α-hetero) is 1. The molecule has 2 aliphatic rings. The molecule has 1 fully saturated rings. The van der Waals surface area contributed by atoms with Crippen molar-refractivity contribution in [2.75, 3.05) is 0 Å². The van der Waals surface area contributed by atoms with Gasteiger partial charge in [0.05, 0.1) is 5.41 Å². The summed E-state index contributed by atoms with van der Waals surface area (Å²) in [5.74, 6) is -0.968. The maximum atomic E-state index is 13.1. The van der Waals surface area contributed by atoms with Gasteiger partial charge in [0, 0.05) is 17.3 Å². The van der Waals surface area contributed by atoms with Crippen molar-refractivity contribution >= 4 is 17.8 Å². The van der Waals surface area contributed by atoms with E-state index in [1.807, 2.05) is 44.2 Å². The van der Waals surface area contributed by atoms with Crippen LogP contribution in [-0.2, 0) is 9.59 Å². The van der Waals surface area contributed by atoms with Crippen LogP contribution in [0.2, 0.25) is 0 Å². The number of allylic oxidation sites excluding steroid dienone is 3. The van der Waals surface area contributed by atoms with Gasteiger partial charge in [-0.25, -0.2) is 0 Å². The van der Waals surface area contributed by atoms with Crippen molar-refractivity contribution in [2.45, 2.75) is 53.9 Å². The van der Waals surface area contributed by atoms with Crippen LogP contribution in [0.25, 0.3) is 6.08 Å². The van der Waals surface area contributed by atoms with Gasteiger partial charge in [0.15, 0.2) is 0 Å². The average Bonchev–Trinajstić information content (AvgIpc) is 2.98. The third-order valence-electron chi connectivity index (χ3n) is 7.92. The minimum Gasteiger partial charge on any atom is -0.481 e. The maximum Gasteiger partial charge on any atom is 0.311 e. The van der Waals surface area contributed by atoms with Gasteiger partial charge in [-0.05, 0) is 43.6 Å². The highest BCUT2D eigenvalue weighted by Gasteiger charge is 2.67. The first-order valence-corrected chi connectivity index (χ1v) is 11.0. The largest absolute Gasteiger partial charge is 0.481 e. The van der Waals surface area contributed by atoms with Gasteiger partial charge in [0.2, 0.25) is 0 Å². The predicted molar refractivity (Wildman–Crippen MR) is 117 cm³/mol. The normalized spacial score (nSPS) is 36.9. The summed E-state index contributed by atoms with van der Waals surface area (Å²) in [6.45, 7) is 10.2. The zero-order valence-electron chi connectivity index (χ0n) is 18.3. The van der Waals surface area contributed by atoms with E-state index in [2.05, 4.69) is 39.0 Å². The van der Waals surface area contributed by atoms with Gasteiger partial charge in [-0.1, -0.05) is 81.8 Å². The van der Waals surface area contributed by atoms with Crippen LogP contribution in [0.3, 0.4) is 0 Å². The van der Waals surface area contributed by atoms with Crippen molar-refractivity contribution in [1.82, 2.24) is 0 Å². The second-order valence-electron chi connectivity index (χ2n) is 8.91. The lowest BCUT2D eigenvalue weighted by Crippen LogP contribution is -2.56. The molecule has 3 heteroatoms. The third kappa shape index (κ3) is 3.01. The van der Waals surface area contributed by atoms with E-state index in [9.17, 15) is 14.7 Å². The van der Waals surface area contributed by atoms with Crippen molar-refractivity contribution in [3.8, 4) is 0 Å². The molecule has 156 valence electrons. The molecule has 0 amide bonds. The molecule has 29 heavy (non-hydrogen) atoms. The minimum atomic E-state index is -0.990. The molecule has 0 unspecified atom stereocenters. The second kappa shape index (κ2) is 7.93. The van der Waals surface area contributed by atoms with E-state index >= 15 is 0 Å². The van der Waals surface area contributed by atoms with Crippen LogP contribution in [0.15, 0.2) is 48.1 Å². The van der Waals surface area contributed by atoms with Crippen LogP contribution in [0.4, 0.5) is 0 Å². The van der Waals surface area contributed by atoms with Gasteiger partial charge in [0.25, 0.3) is 0 Å². The molecule has 6 atom stereocenters. The summed E-state index contributed by atoms with van der Waals surface area (Å²) in [6, 6.07) is 10.0. The summed E-state index contributed by atoms with van der Waals surface area (Å²) >= 11 is 0. The van der Waals surface area contributed by atoms with E-state index in [1.54, 1.807) is 0 Å². The first kappa shape index (κ1) is 21.5. The summed E-state index contributed by atoms with van der Waals surface area (Å²) in [7, 11) is 0. The standard InChI is InChI=1S/C26H34O3/c1-6-20-21-17(4)16-25(7-2,15-14-19-12-10-9-11-13-19)26(8-3,24(28)29)22(21)18(5)23(20)27/h9-16,18,20-22H,6-8H2,1-5H3,(H,28,29)/b15-14+/t18-,20-,21-,22-,25-,26-/m0/s1. The van der Waals surface area contributed by atoms with E-state index < -0.39 is 16.8 Å². The van der Waals surface area contributed by atoms with Gasteiger partial charge in [-0.2, -0.15) is 0 Å². The first-order valence-electron chi connectivity index (χ1n) is 11.0. The molecule has 0 heterocycles. The molecule has 0 aromatic heterocycles. The molecule has 0 radical (unpaired) electrons. The molecule has 3 rings (SSSR count). The molecule has 0 spiro atoms. The van der Waals surface area contributed by atoms with Crippen molar-refractivity contribution in [3.63, 3.8) is 0 Å². The summed E-state index contributed by atoms with van der Waals surface area (Å²) < 4.78 is 0. The molecule has 1 aromatic rings. The van der Waals surface area contributed by atoms with Gasteiger partial charge in [-0.3, -0.25) is 9.59 Å². The summed E-state index contributed by atoms with van der Waals surface area (Å²) in [5, 5.41) is 10.7. The Hall–Kier alpha value is -2.16. The lowest BCUT2D eigenvalue weighted by molar-refractivity contribution is -0.165. The van der Waals surface area contributed by atoms with Crippen LogP contribution in [0, 0.1) is 34.5 Å². The summed E-state index contributed by atoms with van der Waals surface area (Å²) in [4.78, 5) is 26.1. The first-order chi connectivity index (χ1) is 13.8. The number of fused-ring (bicyclic) bond motifs is 1. The number of rotatable bonds is 6. The Morgan fingerprint density at radius 1 is 1.14 bits per heavy atom. The Kier molecular flexibility index (Phi) is 5.89. The molecular formula is C26H34O3. The van der Waals surface area contributed by atoms with Crippen LogP contribution in [0.5, 0.6) is 0 Å². The Morgan fingerprint density at radius 2 is 1.79 bits per heavy atom. The molecule has 0 bridgehead atoms. The van der Waals surface area contributed by atoms with Gasteiger partial charge in [-0.15, -0.1) is 0 Å². The fraction of sp³-hybridized carbons (Fsp3) is 0.538. The zero-order valence-corrected chi connectivity index (χ0v) is 18.3. The number of carbonyl (C=O) groups excluding carboxylic acids is 1. The Bertz CT molecular complexity index is 837. The number of benzene rings is 1. The van der Waals surface area contributed by atoms with Crippen molar-refractivity contribution in [3.05, 3.63) is 53.6 Å². The summed E-state index contributed by atoms with van der Waals surface area (Å²) in [6.07, 6.45) is 8.33. The van der Waals surface area contributed by atoms with Crippen molar-refractivity contribution in [2.24, 2.45) is 34.5 Å². The lowest BCUT2D eigenvalue weighted by Gasteiger charge is -2.54. The highest BCUT2D eigenvalue weighted by Crippen LogP contribution is 2.65. The number of ketones is 1. The van der Waals surface area contributed by atoms with Gasteiger partial charge >= 0.3 is 5.97 Å². The fourth-order valence-corrected chi connectivity index (χ4v) is 6.58. The summed E-state index contributed by atoms with van der Waals surface area (Å²) in [5.41, 5.74) is 0.637. The second-order valence-corrected chi connectivity index (χ2v) is 8.91. The highest BCUT2D eigenvalue weighted by molar-refractivity contribution is 5.90. The smallest absolute Gasteiger partial charge is 0.311 e.